The van der Waals surface area contributed by atoms with Crippen molar-refractivity contribution in [3.63, 3.8) is 0 Å². The van der Waals surface area contributed by atoms with Gasteiger partial charge in [-0.05, 0) is 23.7 Å². The Labute approximate surface area is 133 Å². The van der Waals surface area contributed by atoms with Crippen molar-refractivity contribution in [1.29, 1.82) is 0 Å². The third kappa shape index (κ3) is 3.84. The fourth-order valence-corrected chi connectivity index (χ4v) is 3.19. The molecule has 1 aromatic carbocycles. The molecule has 0 spiro atoms. The monoisotopic (exact) mass is 324 g/mol. The van der Waals surface area contributed by atoms with E-state index in [2.05, 4.69) is 33.9 Å². The maximum Gasteiger partial charge on any atom is 0.353 e. The Kier molecular flexibility index (Phi) is 4.75. The van der Waals surface area contributed by atoms with Crippen LogP contribution in [0.5, 0.6) is 0 Å². The molecule has 5 heteroatoms. The Balaban J connectivity index is 2.06. The lowest BCUT2D eigenvalue weighted by molar-refractivity contribution is 0.0930. The molecular weight excluding hydrogens is 300 g/mol. The number of hydrogen-bond acceptors (Lipinski definition) is 4. The predicted octanol–water partition coefficient (Wildman–Crippen LogP) is 4.45. The van der Waals surface area contributed by atoms with E-state index < -0.39 is 8.32 Å². The molecule has 0 unspecified atom stereocenters. The smallest absolute Gasteiger partial charge is 0.353 e. The molecule has 3 nitrogen and oxygen atoms in total. The minimum absolute atomic E-state index is 0.172. The molecule has 21 heavy (non-hydrogen) atoms. The average Bonchev–Trinajstić information content (AvgIpc) is 2.77. The summed E-state index contributed by atoms with van der Waals surface area (Å²) < 4.78 is 17.6. The van der Waals surface area contributed by atoms with Gasteiger partial charge in [0.15, 0.2) is 20.5 Å². The Morgan fingerprint density at radius 3 is 2.33 bits per heavy atom. The van der Waals surface area contributed by atoms with Gasteiger partial charge in [-0.3, -0.25) is 0 Å². The molecule has 1 aliphatic heterocycles. The molecule has 0 bridgehead atoms. The summed E-state index contributed by atoms with van der Waals surface area (Å²) in [5, 5.41) is 0.391. The van der Waals surface area contributed by atoms with E-state index >= 15 is 0 Å². The number of ether oxygens (including phenoxy) is 2. The van der Waals surface area contributed by atoms with E-state index in [1.165, 1.54) is 0 Å². The van der Waals surface area contributed by atoms with Crippen molar-refractivity contribution < 1.29 is 13.9 Å². The van der Waals surface area contributed by atoms with E-state index in [4.69, 9.17) is 26.1 Å². The van der Waals surface area contributed by atoms with Crippen LogP contribution < -0.4 is 0 Å². The summed E-state index contributed by atoms with van der Waals surface area (Å²) >= 11 is 5.07. The first-order valence-corrected chi connectivity index (χ1v) is 10.6. The largest absolute Gasteiger partial charge is 0.447 e. The fraction of sp³-hybridized carbons (Fsp3) is 0.562. The van der Waals surface area contributed by atoms with Crippen LogP contribution in [-0.4, -0.2) is 26.3 Å². The summed E-state index contributed by atoms with van der Waals surface area (Å²) in [4.78, 5) is 0. The number of benzene rings is 1. The zero-order valence-corrected chi connectivity index (χ0v) is 15.2. The maximum absolute atomic E-state index is 6.25. The second kappa shape index (κ2) is 6.06. The van der Waals surface area contributed by atoms with E-state index in [0.29, 0.717) is 6.61 Å². The van der Waals surface area contributed by atoms with Crippen LogP contribution in [0.15, 0.2) is 30.3 Å². The molecule has 1 heterocycles. The maximum atomic E-state index is 6.25. The molecular formula is C16H24O3SSi. The van der Waals surface area contributed by atoms with E-state index in [1.807, 2.05) is 30.3 Å². The summed E-state index contributed by atoms with van der Waals surface area (Å²) in [5.41, 5.74) is 1.07. The van der Waals surface area contributed by atoms with Gasteiger partial charge in [0.05, 0.1) is 6.61 Å². The van der Waals surface area contributed by atoms with Crippen molar-refractivity contribution in [2.45, 2.75) is 51.1 Å². The highest BCUT2D eigenvalue weighted by atomic mass is 32.1. The van der Waals surface area contributed by atoms with Gasteiger partial charge in [0, 0.05) is 12.2 Å². The molecule has 0 aromatic heterocycles. The van der Waals surface area contributed by atoms with Crippen molar-refractivity contribution in [3.05, 3.63) is 35.9 Å². The van der Waals surface area contributed by atoms with Crippen LogP contribution in [-0.2, 0) is 13.9 Å². The molecule has 116 valence electrons. The molecule has 0 radical (unpaired) electrons. The van der Waals surface area contributed by atoms with Gasteiger partial charge in [-0.15, -0.1) is 0 Å². The second-order valence-electron chi connectivity index (χ2n) is 6.93. The molecule has 0 N–H and O–H groups in total. The van der Waals surface area contributed by atoms with Crippen molar-refractivity contribution >= 4 is 25.8 Å². The number of rotatable bonds is 4. The van der Waals surface area contributed by atoms with E-state index in [9.17, 15) is 0 Å². The van der Waals surface area contributed by atoms with Crippen molar-refractivity contribution in [1.82, 2.24) is 0 Å². The van der Waals surface area contributed by atoms with Crippen LogP contribution in [0.2, 0.25) is 18.1 Å². The Hall–Kier alpha value is -0.913. The van der Waals surface area contributed by atoms with Gasteiger partial charge in [-0.2, -0.15) is 0 Å². The van der Waals surface area contributed by atoms with E-state index in [1.54, 1.807) is 0 Å². The first-order chi connectivity index (χ1) is 9.71. The normalized spacial score (nSPS) is 22.8. The van der Waals surface area contributed by atoms with E-state index in [0.717, 1.165) is 5.56 Å². The Morgan fingerprint density at radius 1 is 1.14 bits per heavy atom. The highest BCUT2D eigenvalue weighted by molar-refractivity contribution is 7.79. The molecule has 1 fully saturated rings. The molecule has 2 rings (SSSR count). The second-order valence-corrected chi connectivity index (χ2v) is 12.1. The lowest BCUT2D eigenvalue weighted by Crippen LogP contribution is -2.43. The third-order valence-electron chi connectivity index (χ3n) is 4.35. The van der Waals surface area contributed by atoms with Crippen LogP contribution in [0.1, 0.15) is 32.4 Å². The first-order valence-electron chi connectivity index (χ1n) is 7.27. The van der Waals surface area contributed by atoms with Gasteiger partial charge < -0.3 is 13.9 Å². The molecule has 2 atom stereocenters. The average molecular weight is 325 g/mol. The number of hydrogen-bond donors (Lipinski definition) is 0. The predicted molar refractivity (Wildman–Crippen MR) is 90.9 cm³/mol. The lowest BCUT2D eigenvalue weighted by atomic mass is 10.1. The molecule has 0 amide bonds. The van der Waals surface area contributed by atoms with Gasteiger partial charge in [0.2, 0.25) is 0 Å². The summed E-state index contributed by atoms with van der Waals surface area (Å²) in [6.45, 7) is 11.7. The van der Waals surface area contributed by atoms with Crippen LogP contribution >= 0.6 is 12.2 Å². The number of thiocarbonyl (C=S) groups is 1. The molecule has 0 saturated carbocycles. The van der Waals surface area contributed by atoms with Gasteiger partial charge in [0.1, 0.15) is 0 Å². The molecule has 1 aromatic rings. The zero-order valence-electron chi connectivity index (χ0n) is 13.4. The minimum atomic E-state index is -1.80. The Bertz CT molecular complexity index is 496. The van der Waals surface area contributed by atoms with E-state index in [-0.39, 0.29) is 22.5 Å². The molecule has 1 aliphatic rings. The van der Waals surface area contributed by atoms with Gasteiger partial charge in [-0.25, -0.2) is 0 Å². The van der Waals surface area contributed by atoms with Crippen LogP contribution in [0.25, 0.3) is 0 Å². The standard InChI is InChI=1S/C16H24O3SSi/c1-16(2,3)21(4,5)17-11-13-14(19-15(20)18-13)12-9-7-6-8-10-12/h6-10,13-14H,11H2,1-5H3/t13-,14-/m0/s1. The summed E-state index contributed by atoms with van der Waals surface area (Å²) in [6, 6.07) is 10.0. The fourth-order valence-electron chi connectivity index (χ4n) is 1.95. The van der Waals surface area contributed by atoms with Gasteiger partial charge >= 0.3 is 5.24 Å². The summed E-state index contributed by atoms with van der Waals surface area (Å²) in [7, 11) is -1.80. The van der Waals surface area contributed by atoms with Crippen LogP contribution in [0.3, 0.4) is 0 Å². The highest BCUT2D eigenvalue weighted by Crippen LogP contribution is 2.38. The van der Waals surface area contributed by atoms with Crippen molar-refractivity contribution in [3.8, 4) is 0 Å². The van der Waals surface area contributed by atoms with Gasteiger partial charge in [0.25, 0.3) is 0 Å². The summed E-state index contributed by atoms with van der Waals surface area (Å²) in [6.07, 6.45) is -0.350. The van der Waals surface area contributed by atoms with Crippen LogP contribution in [0, 0.1) is 0 Å². The quantitative estimate of drug-likeness (QED) is 0.604. The topological polar surface area (TPSA) is 27.7 Å². The lowest BCUT2D eigenvalue weighted by Gasteiger charge is -2.36. The highest BCUT2D eigenvalue weighted by Gasteiger charge is 2.41. The van der Waals surface area contributed by atoms with Crippen molar-refractivity contribution in [2.24, 2.45) is 0 Å². The van der Waals surface area contributed by atoms with Crippen molar-refractivity contribution in [2.75, 3.05) is 6.61 Å². The zero-order chi connectivity index (χ0) is 15.7. The first kappa shape index (κ1) is 16.5. The van der Waals surface area contributed by atoms with Gasteiger partial charge in [-0.1, -0.05) is 51.1 Å². The Morgan fingerprint density at radius 2 is 1.76 bits per heavy atom. The van der Waals surface area contributed by atoms with Crippen LogP contribution in [0.4, 0.5) is 0 Å². The SMILES string of the molecule is CC(C)(C)[Si](C)(C)OC[C@@H]1OC(=S)O[C@H]1c1ccccc1. The molecule has 0 aliphatic carbocycles. The summed E-state index contributed by atoms with van der Waals surface area (Å²) in [5.74, 6) is 0. The minimum Gasteiger partial charge on any atom is -0.447 e. The third-order valence-corrected chi connectivity index (χ3v) is 9.04. The molecule has 1 saturated heterocycles.